The summed E-state index contributed by atoms with van der Waals surface area (Å²) in [6.45, 7) is 1.97. The van der Waals surface area contributed by atoms with Crippen molar-refractivity contribution in [2.24, 2.45) is 5.10 Å². The van der Waals surface area contributed by atoms with Crippen LogP contribution < -0.4 is 11.0 Å². The summed E-state index contributed by atoms with van der Waals surface area (Å²) >= 11 is 1.12. The molecule has 0 atom stereocenters. The summed E-state index contributed by atoms with van der Waals surface area (Å²) < 4.78 is 15.1. The first-order chi connectivity index (χ1) is 15.5. The minimum atomic E-state index is -0.428. The standard InChI is InChI=1S/C24H19FN4O2S/c1-16-10-12-18(13-11-16)29-23(31)19-7-3-5-9-21(19)27-24(29)32-15-22(30)28-26-14-17-6-2-4-8-20(17)25/h2-14H,15H2,1H3,(H,28,30)/b26-14+. The molecular formula is C24H19FN4O2S. The van der Waals surface area contributed by atoms with Gasteiger partial charge in [-0.2, -0.15) is 5.10 Å². The monoisotopic (exact) mass is 446 g/mol. The van der Waals surface area contributed by atoms with E-state index in [-0.39, 0.29) is 16.9 Å². The van der Waals surface area contributed by atoms with E-state index in [0.29, 0.717) is 21.7 Å². The Morgan fingerprint density at radius 1 is 1.09 bits per heavy atom. The highest BCUT2D eigenvalue weighted by atomic mass is 32.2. The first-order valence-electron chi connectivity index (χ1n) is 9.81. The van der Waals surface area contributed by atoms with E-state index in [1.165, 1.54) is 16.8 Å². The van der Waals surface area contributed by atoms with Gasteiger partial charge in [-0.1, -0.05) is 59.8 Å². The van der Waals surface area contributed by atoms with Crippen LogP contribution in [0, 0.1) is 12.7 Å². The third-order valence-electron chi connectivity index (χ3n) is 4.67. The molecule has 0 aliphatic rings. The second-order valence-corrected chi connectivity index (χ2v) is 7.93. The predicted molar refractivity (Wildman–Crippen MR) is 125 cm³/mol. The number of amides is 1. The average molecular weight is 447 g/mol. The quantitative estimate of drug-likeness (QED) is 0.210. The van der Waals surface area contributed by atoms with E-state index in [4.69, 9.17) is 0 Å². The second-order valence-electron chi connectivity index (χ2n) is 6.99. The van der Waals surface area contributed by atoms with Crippen LogP contribution in [0.5, 0.6) is 0 Å². The van der Waals surface area contributed by atoms with E-state index in [1.54, 1.807) is 36.4 Å². The van der Waals surface area contributed by atoms with Crippen LogP contribution in [0.15, 0.2) is 87.8 Å². The Morgan fingerprint density at radius 2 is 1.81 bits per heavy atom. The number of hydrazone groups is 1. The number of hydrogen-bond donors (Lipinski definition) is 1. The lowest BCUT2D eigenvalue weighted by molar-refractivity contribution is -0.118. The summed E-state index contributed by atoms with van der Waals surface area (Å²) in [6, 6.07) is 20.7. The summed E-state index contributed by atoms with van der Waals surface area (Å²) in [5.41, 5.74) is 4.72. The highest BCUT2D eigenvalue weighted by Crippen LogP contribution is 2.21. The summed E-state index contributed by atoms with van der Waals surface area (Å²) in [4.78, 5) is 30.1. The van der Waals surface area contributed by atoms with Gasteiger partial charge >= 0.3 is 0 Å². The van der Waals surface area contributed by atoms with Crippen molar-refractivity contribution in [3.05, 3.63) is 100 Å². The molecule has 1 amide bonds. The second kappa shape index (κ2) is 9.57. The van der Waals surface area contributed by atoms with Crippen molar-refractivity contribution < 1.29 is 9.18 Å². The largest absolute Gasteiger partial charge is 0.272 e. The maximum Gasteiger partial charge on any atom is 0.266 e. The smallest absolute Gasteiger partial charge is 0.266 e. The zero-order chi connectivity index (χ0) is 22.5. The lowest BCUT2D eigenvalue weighted by atomic mass is 10.2. The van der Waals surface area contributed by atoms with Gasteiger partial charge in [-0.15, -0.1) is 0 Å². The molecule has 0 bridgehead atoms. The number of thioether (sulfide) groups is 1. The van der Waals surface area contributed by atoms with Gasteiger partial charge in [-0.25, -0.2) is 14.8 Å². The molecule has 0 saturated carbocycles. The molecule has 0 spiro atoms. The molecule has 4 rings (SSSR count). The zero-order valence-corrected chi connectivity index (χ0v) is 18.0. The van der Waals surface area contributed by atoms with E-state index >= 15 is 0 Å². The first kappa shape index (κ1) is 21.5. The topological polar surface area (TPSA) is 76.3 Å². The molecule has 0 saturated heterocycles. The number of benzene rings is 3. The molecule has 0 radical (unpaired) electrons. The molecule has 0 fully saturated rings. The number of aromatic nitrogens is 2. The van der Waals surface area contributed by atoms with Crippen LogP contribution >= 0.6 is 11.8 Å². The summed E-state index contributed by atoms with van der Waals surface area (Å²) in [5.74, 6) is -0.853. The van der Waals surface area contributed by atoms with Crippen molar-refractivity contribution in [3.8, 4) is 5.69 Å². The lowest BCUT2D eigenvalue weighted by Crippen LogP contribution is -2.24. The average Bonchev–Trinajstić information content (AvgIpc) is 2.80. The maximum absolute atomic E-state index is 13.6. The van der Waals surface area contributed by atoms with Crippen molar-refractivity contribution in [3.63, 3.8) is 0 Å². The van der Waals surface area contributed by atoms with Crippen molar-refractivity contribution in [1.29, 1.82) is 0 Å². The van der Waals surface area contributed by atoms with Crippen molar-refractivity contribution in [2.75, 3.05) is 5.75 Å². The van der Waals surface area contributed by atoms with Crippen molar-refractivity contribution in [2.45, 2.75) is 12.1 Å². The van der Waals surface area contributed by atoms with Crippen LogP contribution in [0.2, 0.25) is 0 Å². The molecule has 160 valence electrons. The van der Waals surface area contributed by atoms with Crippen LogP contribution in [0.4, 0.5) is 4.39 Å². The molecule has 3 aromatic carbocycles. The number of nitrogens with one attached hydrogen (secondary N) is 1. The van der Waals surface area contributed by atoms with Crippen molar-refractivity contribution >= 4 is 34.8 Å². The Hall–Kier alpha value is -3.78. The normalized spacial score (nSPS) is 11.2. The fraction of sp³-hybridized carbons (Fsp3) is 0.0833. The molecule has 0 aliphatic heterocycles. The van der Waals surface area contributed by atoms with Gasteiger partial charge in [-0.3, -0.25) is 14.2 Å². The molecule has 0 aliphatic carbocycles. The Labute approximate surface area is 187 Å². The van der Waals surface area contributed by atoms with Gasteiger partial charge in [0.2, 0.25) is 0 Å². The number of hydrogen-bond acceptors (Lipinski definition) is 5. The number of carbonyl (C=O) groups excluding carboxylic acids is 1. The Balaban J connectivity index is 1.57. The van der Waals surface area contributed by atoms with Crippen LogP contribution in [0.1, 0.15) is 11.1 Å². The molecule has 32 heavy (non-hydrogen) atoms. The Morgan fingerprint density at radius 3 is 2.59 bits per heavy atom. The Kier molecular flexibility index (Phi) is 6.42. The molecule has 0 unspecified atom stereocenters. The number of nitrogens with zero attached hydrogens (tertiary/aromatic N) is 3. The molecule has 1 aromatic heterocycles. The SMILES string of the molecule is Cc1ccc(-n2c(SCC(=O)N/N=C/c3ccccc3F)nc3ccccc3c2=O)cc1. The maximum atomic E-state index is 13.6. The number of halogens is 1. The van der Waals surface area contributed by atoms with E-state index in [0.717, 1.165) is 17.3 Å². The molecule has 4 aromatic rings. The van der Waals surface area contributed by atoms with E-state index in [2.05, 4.69) is 15.5 Å². The summed E-state index contributed by atoms with van der Waals surface area (Å²) in [6.07, 6.45) is 1.24. The number of aryl methyl sites for hydroxylation is 1. The Bertz CT molecular complexity index is 1370. The predicted octanol–water partition coefficient (Wildman–Crippen LogP) is 4.08. The number of para-hydroxylation sites is 1. The number of carbonyl (C=O) groups is 1. The van der Waals surface area contributed by atoms with Crippen LogP contribution in [0.25, 0.3) is 16.6 Å². The third-order valence-corrected chi connectivity index (χ3v) is 5.61. The number of fused-ring (bicyclic) bond motifs is 1. The van der Waals surface area contributed by atoms with Crippen LogP contribution in [-0.4, -0.2) is 27.4 Å². The highest BCUT2D eigenvalue weighted by molar-refractivity contribution is 7.99. The van der Waals surface area contributed by atoms with Gasteiger partial charge in [0, 0.05) is 5.56 Å². The minimum Gasteiger partial charge on any atom is -0.272 e. The van der Waals surface area contributed by atoms with Crippen LogP contribution in [-0.2, 0) is 4.79 Å². The fourth-order valence-electron chi connectivity index (χ4n) is 3.05. The molecular weight excluding hydrogens is 427 g/mol. The van der Waals surface area contributed by atoms with Gasteiger partial charge in [0.1, 0.15) is 5.82 Å². The van der Waals surface area contributed by atoms with Gasteiger partial charge in [0.05, 0.1) is 28.6 Å². The molecule has 1 N–H and O–H groups in total. The van der Waals surface area contributed by atoms with Gasteiger partial charge in [-0.05, 0) is 37.3 Å². The minimum absolute atomic E-state index is 0.0226. The van der Waals surface area contributed by atoms with Gasteiger partial charge in [0.25, 0.3) is 11.5 Å². The highest BCUT2D eigenvalue weighted by Gasteiger charge is 2.14. The summed E-state index contributed by atoms with van der Waals surface area (Å²) in [7, 11) is 0. The zero-order valence-electron chi connectivity index (χ0n) is 17.2. The van der Waals surface area contributed by atoms with E-state index in [9.17, 15) is 14.0 Å². The van der Waals surface area contributed by atoms with E-state index < -0.39 is 11.7 Å². The first-order valence-corrected chi connectivity index (χ1v) is 10.8. The number of rotatable bonds is 6. The summed E-state index contributed by atoms with van der Waals surface area (Å²) in [5, 5.41) is 4.70. The fourth-order valence-corrected chi connectivity index (χ4v) is 3.85. The lowest BCUT2D eigenvalue weighted by Gasteiger charge is -2.13. The van der Waals surface area contributed by atoms with Crippen LogP contribution in [0.3, 0.4) is 0 Å². The van der Waals surface area contributed by atoms with Gasteiger partial charge < -0.3 is 0 Å². The van der Waals surface area contributed by atoms with Gasteiger partial charge in [0.15, 0.2) is 5.16 Å². The third kappa shape index (κ3) is 4.76. The van der Waals surface area contributed by atoms with E-state index in [1.807, 2.05) is 37.3 Å². The molecule has 8 heteroatoms. The van der Waals surface area contributed by atoms with Crippen molar-refractivity contribution in [1.82, 2.24) is 15.0 Å². The molecule has 1 heterocycles. The molecule has 6 nitrogen and oxygen atoms in total.